The molecule has 52 valence electrons. The van der Waals surface area contributed by atoms with Crippen molar-refractivity contribution >= 4 is 11.6 Å². The van der Waals surface area contributed by atoms with Gasteiger partial charge in [-0.15, -0.1) is 0 Å². The Morgan fingerprint density at radius 3 is 2.70 bits per heavy atom. The molecule has 2 heteroatoms. The number of hydrogen-bond donors (Lipinski definition) is 0. The molecule has 0 fully saturated rings. The van der Waals surface area contributed by atoms with Crippen LogP contribution in [0.4, 0.5) is 0 Å². The number of rotatable bonds is 1. The van der Waals surface area contributed by atoms with Gasteiger partial charge in [0, 0.05) is 11.9 Å². The second-order valence-corrected chi connectivity index (χ2v) is 2.32. The third-order valence-corrected chi connectivity index (χ3v) is 1.43. The van der Waals surface area contributed by atoms with Crippen LogP contribution in [0.3, 0.4) is 0 Å². The lowest BCUT2D eigenvalue weighted by atomic mass is 10.2. The molecule has 2 radical (unpaired) electrons. The monoisotopic (exact) mass is 154 g/mol. The molecule has 1 aromatic carbocycles. The van der Waals surface area contributed by atoms with Gasteiger partial charge in [0.1, 0.15) is 5.75 Å². The van der Waals surface area contributed by atoms with Gasteiger partial charge in [0.05, 0.1) is 7.11 Å². The third kappa shape index (κ3) is 1.42. The fourth-order valence-corrected chi connectivity index (χ4v) is 0.886. The molecule has 0 N–H and O–H groups in total. The quantitative estimate of drug-likeness (QED) is 0.604. The summed E-state index contributed by atoms with van der Waals surface area (Å²) in [5, 5.41) is 0.623. The van der Waals surface area contributed by atoms with Crippen LogP contribution in [0.5, 0.6) is 5.75 Å². The van der Waals surface area contributed by atoms with Crippen molar-refractivity contribution in [3.8, 4) is 5.75 Å². The Bertz CT molecular complexity index is 233. The summed E-state index contributed by atoms with van der Waals surface area (Å²) in [4.78, 5) is 0. The molecule has 0 unspecified atom stereocenters. The Morgan fingerprint density at radius 1 is 1.50 bits per heavy atom. The second kappa shape index (κ2) is 2.93. The summed E-state index contributed by atoms with van der Waals surface area (Å²) in [7, 11) is 1.57. The van der Waals surface area contributed by atoms with Gasteiger partial charge in [0.2, 0.25) is 0 Å². The summed E-state index contributed by atoms with van der Waals surface area (Å²) in [6, 6.07) is 5.12. The lowest BCUT2D eigenvalue weighted by molar-refractivity contribution is 0.413. The summed E-state index contributed by atoms with van der Waals surface area (Å²) >= 11 is 5.64. The van der Waals surface area contributed by atoms with E-state index in [-0.39, 0.29) is 0 Å². The molecule has 1 aromatic rings. The minimum Gasteiger partial charge on any atom is -0.496 e. The van der Waals surface area contributed by atoms with Crippen LogP contribution in [-0.2, 0) is 0 Å². The molecule has 0 aromatic heterocycles. The lowest BCUT2D eigenvalue weighted by Crippen LogP contribution is -1.85. The van der Waals surface area contributed by atoms with E-state index < -0.39 is 0 Å². The predicted molar refractivity (Wildman–Crippen MR) is 41.4 cm³/mol. The van der Waals surface area contributed by atoms with E-state index in [1.165, 1.54) is 0 Å². The maximum atomic E-state index is 5.64. The minimum absolute atomic E-state index is 0.565. The molecule has 0 saturated carbocycles. The minimum atomic E-state index is 0.565. The first-order valence-electron chi connectivity index (χ1n) is 2.83. The van der Waals surface area contributed by atoms with Crippen LogP contribution in [0.15, 0.2) is 18.2 Å². The van der Waals surface area contributed by atoms with E-state index in [9.17, 15) is 0 Å². The van der Waals surface area contributed by atoms with Gasteiger partial charge in [-0.05, 0) is 23.8 Å². The zero-order valence-electron chi connectivity index (χ0n) is 5.60. The summed E-state index contributed by atoms with van der Waals surface area (Å²) in [5.74, 6) is 0.657. The van der Waals surface area contributed by atoms with Crippen LogP contribution in [0, 0.1) is 6.92 Å². The molecule has 0 bridgehead atoms. The predicted octanol–water partition coefficient (Wildman–Crippen LogP) is 2.41. The Labute approximate surface area is 65.6 Å². The van der Waals surface area contributed by atoms with Gasteiger partial charge in [-0.25, -0.2) is 0 Å². The summed E-state index contributed by atoms with van der Waals surface area (Å²) in [6.45, 7) is 5.52. The van der Waals surface area contributed by atoms with Crippen molar-refractivity contribution in [3.63, 3.8) is 0 Å². The molecule has 0 spiro atoms. The van der Waals surface area contributed by atoms with Crippen molar-refractivity contribution in [2.75, 3.05) is 7.11 Å². The average molecular weight is 155 g/mol. The third-order valence-electron chi connectivity index (χ3n) is 1.19. The maximum absolute atomic E-state index is 5.64. The molecule has 0 aliphatic carbocycles. The highest BCUT2D eigenvalue weighted by molar-refractivity contribution is 6.30. The SMILES string of the molecule is [CH]c1cc(Cl)ccc1OC. The molecule has 10 heavy (non-hydrogen) atoms. The van der Waals surface area contributed by atoms with E-state index >= 15 is 0 Å². The van der Waals surface area contributed by atoms with Crippen molar-refractivity contribution in [2.24, 2.45) is 0 Å². The fourth-order valence-electron chi connectivity index (χ4n) is 0.705. The van der Waals surface area contributed by atoms with Crippen molar-refractivity contribution in [1.29, 1.82) is 0 Å². The Kier molecular flexibility index (Phi) is 2.17. The average Bonchev–Trinajstić information content (AvgIpc) is 1.88. The van der Waals surface area contributed by atoms with E-state index in [0.29, 0.717) is 16.3 Å². The van der Waals surface area contributed by atoms with Gasteiger partial charge in [0.15, 0.2) is 0 Å². The first-order valence-corrected chi connectivity index (χ1v) is 3.21. The van der Waals surface area contributed by atoms with Gasteiger partial charge in [-0.1, -0.05) is 11.6 Å². The first-order chi connectivity index (χ1) is 4.74. The fraction of sp³-hybridized carbons (Fsp3) is 0.125. The van der Waals surface area contributed by atoms with E-state index in [2.05, 4.69) is 0 Å². The van der Waals surface area contributed by atoms with Gasteiger partial charge in [-0.3, -0.25) is 0 Å². The maximum Gasteiger partial charge on any atom is 0.122 e. The smallest absolute Gasteiger partial charge is 0.122 e. The van der Waals surface area contributed by atoms with Crippen molar-refractivity contribution < 1.29 is 4.74 Å². The van der Waals surface area contributed by atoms with Crippen LogP contribution in [0.2, 0.25) is 5.02 Å². The van der Waals surface area contributed by atoms with E-state index in [1.54, 1.807) is 25.3 Å². The summed E-state index contributed by atoms with van der Waals surface area (Å²) < 4.78 is 4.92. The highest BCUT2D eigenvalue weighted by atomic mass is 35.5. The van der Waals surface area contributed by atoms with Crippen LogP contribution < -0.4 is 4.74 Å². The molecule has 0 atom stereocenters. The normalized spacial score (nSPS) is 9.50. The van der Waals surface area contributed by atoms with Crippen LogP contribution in [0.1, 0.15) is 5.56 Å². The topological polar surface area (TPSA) is 9.23 Å². The second-order valence-electron chi connectivity index (χ2n) is 1.89. The van der Waals surface area contributed by atoms with E-state index in [4.69, 9.17) is 23.3 Å². The van der Waals surface area contributed by atoms with Crippen molar-refractivity contribution in [1.82, 2.24) is 0 Å². The molecule has 1 nitrogen and oxygen atoms in total. The van der Waals surface area contributed by atoms with Crippen LogP contribution in [-0.4, -0.2) is 7.11 Å². The van der Waals surface area contributed by atoms with Crippen molar-refractivity contribution in [3.05, 3.63) is 35.7 Å². The molecule has 0 aliphatic rings. The molecule has 0 amide bonds. The van der Waals surface area contributed by atoms with Gasteiger partial charge in [-0.2, -0.15) is 0 Å². The van der Waals surface area contributed by atoms with Gasteiger partial charge in [0.25, 0.3) is 0 Å². The van der Waals surface area contributed by atoms with Crippen LogP contribution >= 0.6 is 11.6 Å². The van der Waals surface area contributed by atoms with E-state index in [1.807, 2.05) is 0 Å². The molecule has 1 rings (SSSR count). The molecule has 0 aliphatic heterocycles. The molecular weight excluding hydrogens is 148 g/mol. The largest absolute Gasteiger partial charge is 0.496 e. The highest BCUT2D eigenvalue weighted by Crippen LogP contribution is 2.20. The van der Waals surface area contributed by atoms with Gasteiger partial charge >= 0.3 is 0 Å². The zero-order valence-corrected chi connectivity index (χ0v) is 6.35. The standard InChI is InChI=1S/C8H7ClO/c1-6-5-7(9)3-4-8(6)10-2/h1,3-5H,2H3. The Hall–Kier alpha value is -0.690. The molecular formula is C8H7ClO. The van der Waals surface area contributed by atoms with Gasteiger partial charge < -0.3 is 4.74 Å². The lowest BCUT2D eigenvalue weighted by Gasteiger charge is -2.02. The number of benzene rings is 1. The number of hydrogen-bond acceptors (Lipinski definition) is 1. The van der Waals surface area contributed by atoms with Crippen LogP contribution in [0.25, 0.3) is 0 Å². The van der Waals surface area contributed by atoms with E-state index in [0.717, 1.165) is 0 Å². The Balaban J connectivity index is 3.07. The number of methoxy groups -OCH3 is 1. The molecule has 0 heterocycles. The number of halogens is 1. The number of ether oxygens (including phenoxy) is 1. The zero-order chi connectivity index (χ0) is 7.56. The first kappa shape index (κ1) is 7.42. The Morgan fingerprint density at radius 2 is 2.20 bits per heavy atom. The van der Waals surface area contributed by atoms with Crippen molar-refractivity contribution in [2.45, 2.75) is 0 Å². The summed E-state index contributed by atoms with van der Waals surface area (Å²) in [6.07, 6.45) is 0. The molecule has 0 saturated heterocycles. The highest BCUT2D eigenvalue weighted by Gasteiger charge is 1.96. The summed E-state index contributed by atoms with van der Waals surface area (Å²) in [5.41, 5.74) is 0.565.